The number of nitrogens with one attached hydrogen (secondary N) is 2. The second-order valence-corrected chi connectivity index (χ2v) is 7.32. The first-order valence-electron chi connectivity index (χ1n) is 9.03. The average molecular weight is 396 g/mol. The van der Waals surface area contributed by atoms with Gasteiger partial charge in [0.25, 0.3) is 0 Å². The predicted molar refractivity (Wildman–Crippen MR) is 116 cm³/mol. The Bertz CT molecular complexity index is 982. The van der Waals surface area contributed by atoms with E-state index in [0.29, 0.717) is 6.54 Å². The fourth-order valence-electron chi connectivity index (χ4n) is 3.25. The number of benzene rings is 2. The molecule has 0 atom stereocenters. The van der Waals surface area contributed by atoms with Gasteiger partial charge in [-0.1, -0.05) is 18.2 Å². The lowest BCUT2D eigenvalue weighted by Crippen LogP contribution is -2.28. The topological polar surface area (TPSA) is 55.3 Å². The molecule has 1 heterocycles. The van der Waals surface area contributed by atoms with E-state index in [1.54, 1.807) is 18.9 Å². The Hall–Kier alpha value is -2.86. The minimum Gasteiger partial charge on any atom is -0.495 e. The number of ether oxygens (including phenoxy) is 1. The van der Waals surface area contributed by atoms with Crippen LogP contribution in [0.2, 0.25) is 0 Å². The highest BCUT2D eigenvalue weighted by atomic mass is 32.2. The third-order valence-electron chi connectivity index (χ3n) is 4.63. The van der Waals surface area contributed by atoms with E-state index in [4.69, 9.17) is 4.74 Å². The fraction of sp³-hybridized carbons (Fsp3) is 0.227. The number of anilines is 1. The molecule has 0 saturated carbocycles. The van der Waals surface area contributed by atoms with Crippen LogP contribution < -0.4 is 15.4 Å². The van der Waals surface area contributed by atoms with Crippen molar-refractivity contribution in [3.8, 4) is 11.4 Å². The SMILES string of the molecule is COc1ccccc1-n1c(C)cc(CNC(=O)Nc2cccc(SC)c2)c1C. The maximum Gasteiger partial charge on any atom is 0.319 e. The van der Waals surface area contributed by atoms with Crippen molar-refractivity contribution in [1.82, 2.24) is 9.88 Å². The van der Waals surface area contributed by atoms with Crippen LogP contribution in [0.3, 0.4) is 0 Å². The molecule has 0 aliphatic heterocycles. The van der Waals surface area contributed by atoms with Crippen molar-refractivity contribution >= 4 is 23.5 Å². The van der Waals surface area contributed by atoms with E-state index in [9.17, 15) is 4.79 Å². The first-order valence-corrected chi connectivity index (χ1v) is 10.3. The summed E-state index contributed by atoms with van der Waals surface area (Å²) in [5.41, 5.74) is 5.00. The van der Waals surface area contributed by atoms with Crippen LogP contribution in [0, 0.1) is 13.8 Å². The van der Waals surface area contributed by atoms with Gasteiger partial charge in [-0.05, 0) is 62.1 Å². The fourth-order valence-corrected chi connectivity index (χ4v) is 3.70. The van der Waals surface area contributed by atoms with Crippen molar-refractivity contribution in [3.05, 3.63) is 71.5 Å². The maximum absolute atomic E-state index is 12.3. The van der Waals surface area contributed by atoms with E-state index in [1.807, 2.05) is 54.8 Å². The summed E-state index contributed by atoms with van der Waals surface area (Å²) in [5.74, 6) is 0.815. The second-order valence-electron chi connectivity index (χ2n) is 6.44. The summed E-state index contributed by atoms with van der Waals surface area (Å²) in [7, 11) is 1.67. The number of aryl methyl sites for hydroxylation is 1. The molecule has 1 aromatic heterocycles. The van der Waals surface area contributed by atoms with Crippen LogP contribution in [0.5, 0.6) is 5.75 Å². The molecule has 0 aliphatic carbocycles. The Morgan fingerprint density at radius 3 is 2.64 bits per heavy atom. The van der Waals surface area contributed by atoms with Crippen LogP contribution in [0.1, 0.15) is 17.0 Å². The molecular weight excluding hydrogens is 370 g/mol. The van der Waals surface area contributed by atoms with Crippen LogP contribution in [-0.2, 0) is 6.54 Å². The number of methoxy groups -OCH3 is 1. The van der Waals surface area contributed by atoms with Crippen LogP contribution >= 0.6 is 11.8 Å². The molecule has 28 heavy (non-hydrogen) atoms. The number of aromatic nitrogens is 1. The Kier molecular flexibility index (Phi) is 6.31. The molecule has 2 aromatic carbocycles. The summed E-state index contributed by atoms with van der Waals surface area (Å²) >= 11 is 1.64. The molecule has 0 radical (unpaired) electrons. The van der Waals surface area contributed by atoms with Crippen molar-refractivity contribution in [1.29, 1.82) is 0 Å². The first kappa shape index (κ1) is 19.9. The number of para-hydroxylation sites is 2. The number of carbonyl (C=O) groups excluding carboxylic acids is 1. The summed E-state index contributed by atoms with van der Waals surface area (Å²) in [6.07, 6.45) is 2.01. The highest BCUT2D eigenvalue weighted by Gasteiger charge is 2.14. The molecule has 3 rings (SSSR count). The number of rotatable bonds is 6. The number of carbonyl (C=O) groups is 1. The zero-order chi connectivity index (χ0) is 20.1. The van der Waals surface area contributed by atoms with Gasteiger partial charge in [0.1, 0.15) is 5.75 Å². The Balaban J connectivity index is 1.72. The van der Waals surface area contributed by atoms with E-state index in [1.165, 1.54) is 0 Å². The molecular formula is C22H25N3O2S. The lowest BCUT2D eigenvalue weighted by atomic mass is 10.2. The van der Waals surface area contributed by atoms with Crippen molar-refractivity contribution in [3.63, 3.8) is 0 Å². The van der Waals surface area contributed by atoms with Gasteiger partial charge >= 0.3 is 6.03 Å². The molecule has 6 heteroatoms. The predicted octanol–water partition coefficient (Wildman–Crippen LogP) is 5.15. The Labute approximate surface area is 170 Å². The summed E-state index contributed by atoms with van der Waals surface area (Å²) < 4.78 is 7.65. The molecule has 146 valence electrons. The van der Waals surface area contributed by atoms with Crippen molar-refractivity contribution in [2.24, 2.45) is 0 Å². The molecule has 0 fully saturated rings. The van der Waals surface area contributed by atoms with Crippen molar-refractivity contribution < 1.29 is 9.53 Å². The van der Waals surface area contributed by atoms with Gasteiger partial charge in [-0.3, -0.25) is 0 Å². The molecule has 3 aromatic rings. The van der Waals surface area contributed by atoms with Gasteiger partial charge in [-0.2, -0.15) is 0 Å². The van der Waals surface area contributed by atoms with E-state index < -0.39 is 0 Å². The van der Waals surface area contributed by atoms with E-state index in [-0.39, 0.29) is 6.03 Å². The van der Waals surface area contributed by atoms with Gasteiger partial charge < -0.3 is 19.9 Å². The number of thioether (sulfide) groups is 1. The molecule has 0 unspecified atom stereocenters. The molecule has 2 N–H and O–H groups in total. The second kappa shape index (κ2) is 8.89. The zero-order valence-corrected chi connectivity index (χ0v) is 17.4. The number of hydrogen-bond acceptors (Lipinski definition) is 3. The van der Waals surface area contributed by atoms with Crippen LogP contribution in [0.25, 0.3) is 5.69 Å². The Morgan fingerprint density at radius 2 is 1.89 bits per heavy atom. The van der Waals surface area contributed by atoms with E-state index in [2.05, 4.69) is 35.1 Å². The minimum atomic E-state index is -0.222. The van der Waals surface area contributed by atoms with E-state index >= 15 is 0 Å². The van der Waals surface area contributed by atoms with Gasteiger partial charge in [-0.15, -0.1) is 11.8 Å². The summed E-state index contributed by atoms with van der Waals surface area (Å²) in [4.78, 5) is 13.4. The lowest BCUT2D eigenvalue weighted by Gasteiger charge is -2.14. The monoisotopic (exact) mass is 395 g/mol. The standard InChI is InChI=1S/C22H25N3O2S/c1-15-12-17(16(2)25(15)20-10-5-6-11-21(20)27-3)14-23-22(26)24-18-8-7-9-19(13-18)28-4/h5-13H,14H2,1-4H3,(H2,23,24,26). The molecule has 5 nitrogen and oxygen atoms in total. The van der Waals surface area contributed by atoms with Crippen molar-refractivity contribution in [2.75, 3.05) is 18.7 Å². The number of nitrogens with zero attached hydrogens (tertiary/aromatic N) is 1. The highest BCUT2D eigenvalue weighted by Crippen LogP contribution is 2.28. The summed E-state index contributed by atoms with van der Waals surface area (Å²) in [6.45, 7) is 4.55. The van der Waals surface area contributed by atoms with Crippen LogP contribution in [0.4, 0.5) is 10.5 Å². The van der Waals surface area contributed by atoms with Gasteiger partial charge in [0, 0.05) is 28.5 Å². The minimum absolute atomic E-state index is 0.222. The lowest BCUT2D eigenvalue weighted by molar-refractivity contribution is 0.251. The largest absolute Gasteiger partial charge is 0.495 e. The summed E-state index contributed by atoms with van der Waals surface area (Å²) in [6, 6.07) is 17.6. The molecule has 0 saturated heterocycles. The van der Waals surface area contributed by atoms with Gasteiger partial charge in [0.2, 0.25) is 0 Å². The zero-order valence-electron chi connectivity index (χ0n) is 16.6. The maximum atomic E-state index is 12.3. The average Bonchev–Trinajstić information content (AvgIpc) is 2.99. The van der Waals surface area contributed by atoms with Gasteiger partial charge in [0.05, 0.1) is 12.8 Å². The Morgan fingerprint density at radius 1 is 1.11 bits per heavy atom. The molecule has 0 bridgehead atoms. The van der Waals surface area contributed by atoms with Crippen LogP contribution in [0.15, 0.2) is 59.5 Å². The molecule has 0 aliphatic rings. The quantitative estimate of drug-likeness (QED) is 0.568. The number of amides is 2. The van der Waals surface area contributed by atoms with Crippen molar-refractivity contribution in [2.45, 2.75) is 25.3 Å². The number of hydrogen-bond donors (Lipinski definition) is 2. The third-order valence-corrected chi connectivity index (χ3v) is 5.35. The first-order chi connectivity index (χ1) is 13.5. The van der Waals surface area contributed by atoms with Gasteiger partial charge in [-0.25, -0.2) is 4.79 Å². The molecule has 2 amide bonds. The summed E-state index contributed by atoms with van der Waals surface area (Å²) in [5, 5.41) is 5.83. The third kappa shape index (κ3) is 4.34. The van der Waals surface area contributed by atoms with E-state index in [0.717, 1.165) is 39.0 Å². The van der Waals surface area contributed by atoms with Gasteiger partial charge in [0.15, 0.2) is 0 Å². The normalized spacial score (nSPS) is 10.6. The van der Waals surface area contributed by atoms with Crippen LogP contribution in [-0.4, -0.2) is 24.0 Å². The highest BCUT2D eigenvalue weighted by molar-refractivity contribution is 7.98. The number of urea groups is 1. The molecule has 0 spiro atoms. The smallest absolute Gasteiger partial charge is 0.319 e.